The van der Waals surface area contributed by atoms with E-state index in [0.717, 1.165) is 28.3 Å². The summed E-state index contributed by atoms with van der Waals surface area (Å²) in [6.07, 6.45) is 0. The van der Waals surface area contributed by atoms with Crippen molar-refractivity contribution in [3.8, 4) is 39.1 Å². The van der Waals surface area contributed by atoms with Crippen LogP contribution >= 0.6 is 0 Å². The van der Waals surface area contributed by atoms with Crippen LogP contribution in [0.3, 0.4) is 0 Å². The van der Waals surface area contributed by atoms with Gasteiger partial charge in [-0.3, -0.25) is 0 Å². The molecule has 0 bridgehead atoms. The minimum absolute atomic E-state index is 1.11. The minimum atomic E-state index is 1.11. The van der Waals surface area contributed by atoms with Gasteiger partial charge in [0.15, 0.2) is 0 Å². The zero-order valence-corrected chi connectivity index (χ0v) is 29.7. The van der Waals surface area contributed by atoms with E-state index < -0.39 is 0 Å². The molecule has 0 radical (unpaired) electrons. The van der Waals surface area contributed by atoms with E-state index in [4.69, 9.17) is 0 Å². The Morgan fingerprint density at radius 2 is 0.907 bits per heavy atom. The summed E-state index contributed by atoms with van der Waals surface area (Å²) >= 11 is 0. The Morgan fingerprint density at radius 1 is 0.333 bits per heavy atom. The molecule has 10 aromatic rings. The molecule has 254 valence electrons. The van der Waals surface area contributed by atoms with Crippen LogP contribution in [-0.4, -0.2) is 4.57 Å². The van der Waals surface area contributed by atoms with E-state index in [2.05, 4.69) is 228 Å². The number of nitrogens with zero attached hydrogens (tertiary/aromatic N) is 2. The molecule has 0 fully saturated rings. The summed E-state index contributed by atoms with van der Waals surface area (Å²) in [7, 11) is 0. The van der Waals surface area contributed by atoms with Crippen molar-refractivity contribution in [3.63, 3.8) is 0 Å². The molecule has 54 heavy (non-hydrogen) atoms. The molecule has 2 heteroatoms. The van der Waals surface area contributed by atoms with Crippen molar-refractivity contribution in [1.82, 2.24) is 4.57 Å². The number of benzene rings is 9. The third-order valence-electron chi connectivity index (χ3n) is 10.6. The van der Waals surface area contributed by atoms with E-state index >= 15 is 0 Å². The second-order valence-electron chi connectivity index (χ2n) is 13.7. The van der Waals surface area contributed by atoms with Gasteiger partial charge in [-0.25, -0.2) is 0 Å². The van der Waals surface area contributed by atoms with Gasteiger partial charge in [-0.05, 0) is 87.1 Å². The molecule has 10 rings (SSSR count). The number of anilines is 3. The van der Waals surface area contributed by atoms with E-state index in [0.29, 0.717) is 0 Å². The van der Waals surface area contributed by atoms with Gasteiger partial charge in [0.25, 0.3) is 0 Å². The topological polar surface area (TPSA) is 8.17 Å². The number of hydrogen-bond acceptors (Lipinski definition) is 1. The van der Waals surface area contributed by atoms with E-state index in [9.17, 15) is 0 Å². The summed E-state index contributed by atoms with van der Waals surface area (Å²) in [5.74, 6) is 0. The lowest BCUT2D eigenvalue weighted by Gasteiger charge is -2.29. The first-order valence-electron chi connectivity index (χ1n) is 18.5. The Labute approximate surface area is 315 Å². The van der Waals surface area contributed by atoms with E-state index in [1.807, 2.05) is 0 Å². The zero-order valence-electron chi connectivity index (χ0n) is 29.7. The van der Waals surface area contributed by atoms with Crippen LogP contribution < -0.4 is 4.90 Å². The molecule has 0 spiro atoms. The number of fused-ring (bicyclic) bond motifs is 4. The fourth-order valence-electron chi connectivity index (χ4n) is 8.12. The second-order valence-corrected chi connectivity index (χ2v) is 13.7. The molecule has 9 aromatic carbocycles. The molecule has 0 amide bonds. The summed E-state index contributed by atoms with van der Waals surface area (Å²) in [5.41, 5.74) is 14.0. The Hall–Kier alpha value is -7.16. The lowest BCUT2D eigenvalue weighted by atomic mass is 9.94. The quantitative estimate of drug-likeness (QED) is 0.162. The third-order valence-corrected chi connectivity index (χ3v) is 10.6. The molecule has 0 unspecified atom stereocenters. The maximum atomic E-state index is 2.46. The minimum Gasteiger partial charge on any atom is -0.309 e. The zero-order chi connectivity index (χ0) is 35.8. The van der Waals surface area contributed by atoms with Crippen LogP contribution in [0.5, 0.6) is 0 Å². The highest BCUT2D eigenvalue weighted by Crippen LogP contribution is 2.47. The SMILES string of the molecule is c1ccc(-c2ccc(-n3c4ccccc4c4c(N(c5ccc6ccccc6c5)c5ccccc5-c5ccccc5)cccc43)cc2-c2ccccc2)cc1. The molecule has 0 aliphatic heterocycles. The molecule has 0 atom stereocenters. The number of rotatable bonds is 7. The van der Waals surface area contributed by atoms with Gasteiger partial charge in [0.05, 0.1) is 22.4 Å². The normalized spacial score (nSPS) is 11.3. The fourth-order valence-corrected chi connectivity index (χ4v) is 8.12. The lowest BCUT2D eigenvalue weighted by Crippen LogP contribution is -2.11. The summed E-state index contributed by atoms with van der Waals surface area (Å²) in [6.45, 7) is 0. The largest absolute Gasteiger partial charge is 0.309 e. The van der Waals surface area contributed by atoms with Crippen molar-refractivity contribution in [2.75, 3.05) is 4.90 Å². The summed E-state index contributed by atoms with van der Waals surface area (Å²) in [5, 5.41) is 4.84. The Balaban J connectivity index is 1.26. The highest BCUT2D eigenvalue weighted by molar-refractivity contribution is 6.17. The first-order valence-corrected chi connectivity index (χ1v) is 18.5. The van der Waals surface area contributed by atoms with E-state index in [-0.39, 0.29) is 0 Å². The predicted molar refractivity (Wildman–Crippen MR) is 229 cm³/mol. The summed E-state index contributed by atoms with van der Waals surface area (Å²) < 4.78 is 2.44. The van der Waals surface area contributed by atoms with Crippen LogP contribution in [0.2, 0.25) is 0 Å². The average molecular weight is 689 g/mol. The first kappa shape index (κ1) is 31.6. The molecule has 0 saturated heterocycles. The van der Waals surface area contributed by atoms with Crippen LogP contribution in [-0.2, 0) is 0 Å². The molecule has 0 aliphatic carbocycles. The monoisotopic (exact) mass is 688 g/mol. The lowest BCUT2D eigenvalue weighted by molar-refractivity contribution is 1.18. The predicted octanol–water partition coefficient (Wildman–Crippen LogP) is 14.4. The standard InChI is InChI=1S/C52H36N2/c1-4-18-38(19-5-1)44-34-33-43(36-47(44)40-22-8-3-9-23-40)54-49-28-15-13-26-46(49)52-50(29-16-30-51(52)54)53(42-32-31-37-17-10-11-24-41(37)35-42)48-27-14-12-25-45(48)39-20-6-2-7-21-39/h1-36H. The Bertz CT molecular complexity index is 2930. The summed E-state index contributed by atoms with van der Waals surface area (Å²) in [4.78, 5) is 2.46. The maximum absolute atomic E-state index is 2.46. The van der Waals surface area contributed by atoms with Crippen molar-refractivity contribution in [1.29, 1.82) is 0 Å². The van der Waals surface area contributed by atoms with Gasteiger partial charge >= 0.3 is 0 Å². The van der Waals surface area contributed by atoms with Crippen molar-refractivity contribution >= 4 is 49.6 Å². The van der Waals surface area contributed by atoms with Gasteiger partial charge in [-0.15, -0.1) is 0 Å². The van der Waals surface area contributed by atoms with Crippen molar-refractivity contribution in [2.45, 2.75) is 0 Å². The average Bonchev–Trinajstić information content (AvgIpc) is 3.60. The first-order chi connectivity index (χ1) is 26.8. The molecule has 0 aliphatic rings. The van der Waals surface area contributed by atoms with Crippen LogP contribution in [0.15, 0.2) is 218 Å². The fraction of sp³-hybridized carbons (Fsp3) is 0. The third kappa shape index (κ3) is 5.44. The van der Waals surface area contributed by atoms with Gasteiger partial charge < -0.3 is 9.47 Å². The Morgan fingerprint density at radius 3 is 1.67 bits per heavy atom. The highest BCUT2D eigenvalue weighted by atomic mass is 15.2. The van der Waals surface area contributed by atoms with Gasteiger partial charge in [0, 0.05) is 27.7 Å². The van der Waals surface area contributed by atoms with Crippen LogP contribution in [0.1, 0.15) is 0 Å². The molecule has 0 N–H and O–H groups in total. The van der Waals surface area contributed by atoms with Crippen molar-refractivity contribution in [3.05, 3.63) is 218 Å². The molecular weight excluding hydrogens is 653 g/mol. The van der Waals surface area contributed by atoms with Crippen LogP contribution in [0.4, 0.5) is 17.1 Å². The van der Waals surface area contributed by atoms with Gasteiger partial charge in [0.1, 0.15) is 0 Å². The molecule has 1 aromatic heterocycles. The molecule has 0 saturated carbocycles. The smallest absolute Gasteiger partial charge is 0.0562 e. The molecular formula is C52H36N2. The van der Waals surface area contributed by atoms with E-state index in [1.165, 1.54) is 60.4 Å². The number of para-hydroxylation sites is 2. The van der Waals surface area contributed by atoms with Crippen molar-refractivity contribution in [2.24, 2.45) is 0 Å². The summed E-state index contributed by atoms with van der Waals surface area (Å²) in [6, 6.07) is 78.9. The maximum Gasteiger partial charge on any atom is 0.0562 e. The number of hydrogen-bond donors (Lipinski definition) is 0. The van der Waals surface area contributed by atoms with Gasteiger partial charge in [-0.1, -0.05) is 170 Å². The van der Waals surface area contributed by atoms with Gasteiger partial charge in [0.2, 0.25) is 0 Å². The van der Waals surface area contributed by atoms with Crippen LogP contribution in [0, 0.1) is 0 Å². The highest BCUT2D eigenvalue weighted by Gasteiger charge is 2.23. The van der Waals surface area contributed by atoms with Crippen LogP contribution in [0.25, 0.3) is 71.6 Å². The van der Waals surface area contributed by atoms with E-state index in [1.54, 1.807) is 0 Å². The second kappa shape index (κ2) is 13.4. The Kier molecular flexibility index (Phi) is 7.85. The van der Waals surface area contributed by atoms with Crippen molar-refractivity contribution < 1.29 is 0 Å². The van der Waals surface area contributed by atoms with Gasteiger partial charge in [-0.2, -0.15) is 0 Å². The molecule has 2 nitrogen and oxygen atoms in total. The molecule has 1 heterocycles. The number of aromatic nitrogens is 1.